The van der Waals surface area contributed by atoms with Gasteiger partial charge in [0.05, 0.1) is 12.2 Å². The smallest absolute Gasteiger partial charge is 0.0724 e. The zero-order valence-corrected chi connectivity index (χ0v) is 11.0. The summed E-state index contributed by atoms with van der Waals surface area (Å²) in [5.74, 6) is 0.772. The second-order valence-electron chi connectivity index (χ2n) is 5.76. The molecule has 2 fully saturated rings. The number of methoxy groups -OCH3 is 1. The number of aliphatic hydroxyl groups excluding tert-OH is 1. The fraction of sp³-hybridized carbons (Fsp3) is 1.00. The molecule has 0 aromatic rings. The molecular weight excluding hydrogens is 214 g/mol. The SMILES string of the molecule is COC1CCCC1NCC(O)CC1CCCC1. The molecule has 0 bridgehead atoms. The Morgan fingerprint density at radius 3 is 2.65 bits per heavy atom. The number of hydrogen-bond acceptors (Lipinski definition) is 3. The average Bonchev–Trinajstić information content (AvgIpc) is 2.96. The molecule has 3 heteroatoms. The van der Waals surface area contributed by atoms with Crippen LogP contribution < -0.4 is 5.32 Å². The van der Waals surface area contributed by atoms with Crippen molar-refractivity contribution >= 4 is 0 Å². The summed E-state index contributed by atoms with van der Waals surface area (Å²) in [4.78, 5) is 0. The molecule has 2 saturated carbocycles. The molecule has 17 heavy (non-hydrogen) atoms. The van der Waals surface area contributed by atoms with Crippen molar-refractivity contribution in [2.75, 3.05) is 13.7 Å². The molecule has 2 aliphatic rings. The standard InChI is InChI=1S/C14H27NO2/c1-17-14-8-4-7-13(14)15-10-12(16)9-11-5-2-3-6-11/h11-16H,2-10H2,1H3. The zero-order chi connectivity index (χ0) is 12.1. The lowest BCUT2D eigenvalue weighted by molar-refractivity contribution is 0.0749. The van der Waals surface area contributed by atoms with Gasteiger partial charge < -0.3 is 15.2 Å². The van der Waals surface area contributed by atoms with Crippen LogP contribution in [0.1, 0.15) is 51.4 Å². The van der Waals surface area contributed by atoms with E-state index in [1.54, 1.807) is 7.11 Å². The lowest BCUT2D eigenvalue weighted by Gasteiger charge is -2.22. The summed E-state index contributed by atoms with van der Waals surface area (Å²) in [5, 5.41) is 13.5. The summed E-state index contributed by atoms with van der Waals surface area (Å²) in [5.41, 5.74) is 0. The number of ether oxygens (including phenoxy) is 1. The van der Waals surface area contributed by atoms with Crippen molar-refractivity contribution in [3.63, 3.8) is 0 Å². The largest absolute Gasteiger partial charge is 0.392 e. The van der Waals surface area contributed by atoms with E-state index < -0.39 is 0 Å². The predicted molar refractivity (Wildman–Crippen MR) is 69.0 cm³/mol. The fourth-order valence-corrected chi connectivity index (χ4v) is 3.44. The Kier molecular flexibility index (Phi) is 5.26. The van der Waals surface area contributed by atoms with Gasteiger partial charge in [-0.15, -0.1) is 0 Å². The highest BCUT2D eigenvalue weighted by Crippen LogP contribution is 2.28. The highest BCUT2D eigenvalue weighted by molar-refractivity contribution is 4.85. The van der Waals surface area contributed by atoms with Gasteiger partial charge in [-0.25, -0.2) is 0 Å². The van der Waals surface area contributed by atoms with Crippen LogP contribution in [0.25, 0.3) is 0 Å². The Hall–Kier alpha value is -0.120. The van der Waals surface area contributed by atoms with Crippen LogP contribution in [0.4, 0.5) is 0 Å². The molecule has 3 unspecified atom stereocenters. The van der Waals surface area contributed by atoms with Crippen molar-refractivity contribution in [2.45, 2.75) is 69.6 Å². The van der Waals surface area contributed by atoms with Crippen molar-refractivity contribution in [1.82, 2.24) is 5.32 Å². The Balaban J connectivity index is 1.63. The summed E-state index contributed by atoms with van der Waals surface area (Å²) in [6, 6.07) is 0.457. The van der Waals surface area contributed by atoms with E-state index in [0.29, 0.717) is 12.1 Å². The van der Waals surface area contributed by atoms with E-state index in [2.05, 4.69) is 5.32 Å². The highest BCUT2D eigenvalue weighted by atomic mass is 16.5. The molecule has 100 valence electrons. The van der Waals surface area contributed by atoms with E-state index in [9.17, 15) is 5.11 Å². The number of hydrogen-bond donors (Lipinski definition) is 2. The van der Waals surface area contributed by atoms with Gasteiger partial charge in [-0.05, 0) is 31.6 Å². The van der Waals surface area contributed by atoms with E-state index in [1.807, 2.05) is 0 Å². The normalized spacial score (nSPS) is 32.1. The maximum atomic E-state index is 10.0. The molecule has 0 spiro atoms. The van der Waals surface area contributed by atoms with Crippen LogP contribution in [0.5, 0.6) is 0 Å². The van der Waals surface area contributed by atoms with Crippen LogP contribution >= 0.6 is 0 Å². The molecule has 0 aromatic heterocycles. The van der Waals surface area contributed by atoms with Crippen LogP contribution in [-0.4, -0.2) is 37.0 Å². The maximum absolute atomic E-state index is 10.0. The van der Waals surface area contributed by atoms with Gasteiger partial charge in [-0.3, -0.25) is 0 Å². The third kappa shape index (κ3) is 3.94. The monoisotopic (exact) mass is 241 g/mol. The van der Waals surface area contributed by atoms with E-state index in [1.165, 1.54) is 38.5 Å². The topological polar surface area (TPSA) is 41.5 Å². The van der Waals surface area contributed by atoms with Crippen LogP contribution in [-0.2, 0) is 4.74 Å². The third-order valence-electron chi connectivity index (χ3n) is 4.45. The van der Waals surface area contributed by atoms with E-state index >= 15 is 0 Å². The van der Waals surface area contributed by atoms with Gasteiger partial charge in [0.2, 0.25) is 0 Å². The second-order valence-corrected chi connectivity index (χ2v) is 5.76. The van der Waals surface area contributed by atoms with Crippen LogP contribution in [0, 0.1) is 5.92 Å². The van der Waals surface area contributed by atoms with Crippen molar-refractivity contribution in [3.05, 3.63) is 0 Å². The molecule has 0 heterocycles. The molecule has 2 rings (SSSR count). The first-order chi connectivity index (χ1) is 8.29. The molecular formula is C14H27NO2. The second kappa shape index (κ2) is 6.72. The van der Waals surface area contributed by atoms with Gasteiger partial charge in [0.25, 0.3) is 0 Å². The zero-order valence-electron chi connectivity index (χ0n) is 11.0. The summed E-state index contributed by atoms with van der Waals surface area (Å²) in [7, 11) is 1.79. The molecule has 0 saturated heterocycles. The minimum absolute atomic E-state index is 0.170. The van der Waals surface area contributed by atoms with Gasteiger partial charge in [0, 0.05) is 19.7 Å². The van der Waals surface area contributed by atoms with Gasteiger partial charge in [0.1, 0.15) is 0 Å². The van der Waals surface area contributed by atoms with Gasteiger partial charge >= 0.3 is 0 Å². The van der Waals surface area contributed by atoms with Crippen molar-refractivity contribution in [3.8, 4) is 0 Å². The maximum Gasteiger partial charge on any atom is 0.0724 e. The first-order valence-electron chi connectivity index (χ1n) is 7.24. The Labute approximate surface area is 105 Å². The minimum Gasteiger partial charge on any atom is -0.392 e. The van der Waals surface area contributed by atoms with E-state index in [-0.39, 0.29) is 6.10 Å². The predicted octanol–water partition coefficient (Wildman–Crippen LogP) is 2.08. The molecule has 0 aliphatic heterocycles. The molecule has 3 atom stereocenters. The summed E-state index contributed by atoms with van der Waals surface area (Å²) < 4.78 is 5.45. The van der Waals surface area contributed by atoms with Crippen LogP contribution in [0.3, 0.4) is 0 Å². The van der Waals surface area contributed by atoms with Crippen molar-refractivity contribution < 1.29 is 9.84 Å². The first-order valence-corrected chi connectivity index (χ1v) is 7.24. The Bertz CT molecular complexity index is 216. The number of rotatable bonds is 6. The van der Waals surface area contributed by atoms with Crippen molar-refractivity contribution in [2.24, 2.45) is 5.92 Å². The lowest BCUT2D eigenvalue weighted by Crippen LogP contribution is -2.41. The molecule has 3 nitrogen and oxygen atoms in total. The number of nitrogens with one attached hydrogen (secondary N) is 1. The molecule has 2 aliphatic carbocycles. The molecule has 2 N–H and O–H groups in total. The summed E-state index contributed by atoms with van der Waals surface area (Å²) in [6.07, 6.45) is 10.1. The minimum atomic E-state index is -0.170. The molecule has 0 aromatic carbocycles. The highest BCUT2D eigenvalue weighted by Gasteiger charge is 2.27. The first kappa shape index (κ1) is 13.3. The van der Waals surface area contributed by atoms with E-state index in [4.69, 9.17) is 4.74 Å². The Morgan fingerprint density at radius 2 is 1.94 bits per heavy atom. The molecule has 0 amide bonds. The lowest BCUT2D eigenvalue weighted by atomic mass is 10.00. The van der Waals surface area contributed by atoms with Gasteiger partial charge in [-0.1, -0.05) is 25.7 Å². The quantitative estimate of drug-likeness (QED) is 0.748. The fourth-order valence-electron chi connectivity index (χ4n) is 3.44. The summed E-state index contributed by atoms with van der Waals surface area (Å²) >= 11 is 0. The summed E-state index contributed by atoms with van der Waals surface area (Å²) in [6.45, 7) is 0.737. The van der Waals surface area contributed by atoms with Gasteiger partial charge in [-0.2, -0.15) is 0 Å². The van der Waals surface area contributed by atoms with Crippen LogP contribution in [0.15, 0.2) is 0 Å². The third-order valence-corrected chi connectivity index (χ3v) is 4.45. The Morgan fingerprint density at radius 1 is 1.18 bits per heavy atom. The molecule has 0 radical (unpaired) electrons. The van der Waals surface area contributed by atoms with Crippen molar-refractivity contribution in [1.29, 1.82) is 0 Å². The van der Waals surface area contributed by atoms with Crippen LogP contribution in [0.2, 0.25) is 0 Å². The van der Waals surface area contributed by atoms with Gasteiger partial charge in [0.15, 0.2) is 0 Å². The average molecular weight is 241 g/mol. The number of aliphatic hydroxyl groups is 1. The van der Waals surface area contributed by atoms with E-state index in [0.717, 1.165) is 25.3 Å².